The van der Waals surface area contributed by atoms with E-state index in [1.54, 1.807) is 36.4 Å². The number of rotatable bonds is 11. The number of nitro benzene ring substituents is 3. The number of H-pyrrole nitrogens is 1. The lowest BCUT2D eigenvalue weighted by atomic mass is 10.1. The van der Waals surface area contributed by atoms with E-state index in [1.165, 1.54) is 52.7 Å². The zero-order valence-corrected chi connectivity index (χ0v) is 45.0. The fraction of sp³-hybridized carbons (Fsp3) is 0.0500. The first-order valence-electron chi connectivity index (χ1n) is 23.0. The van der Waals surface area contributed by atoms with E-state index >= 15 is 0 Å². The van der Waals surface area contributed by atoms with Crippen molar-refractivity contribution in [1.29, 1.82) is 0 Å². The van der Waals surface area contributed by atoms with Gasteiger partial charge in [0.05, 0.1) is 30.9 Å². The van der Waals surface area contributed by atoms with Crippen molar-refractivity contribution in [1.82, 2.24) is 0 Å². The van der Waals surface area contributed by atoms with E-state index in [0.717, 1.165) is 67.6 Å². The van der Waals surface area contributed by atoms with Gasteiger partial charge in [0.1, 0.15) is 7.05 Å². The Labute approximate surface area is 468 Å². The molecule has 0 bridgehead atoms. The third-order valence-electron chi connectivity index (χ3n) is 11.8. The number of hydrogen-bond acceptors (Lipinski definition) is 6. The van der Waals surface area contributed by atoms with Gasteiger partial charge >= 0.3 is 0 Å². The standard InChI is InChI=1S/C24H19N2O2.C18H15N2O2.C18H14N2O2.BrH.3ClH/c27-26(28)22-14-11-19(12-15-22)10-13-21-16-17-25(18-20-6-2-1-3-7-20)24-9-5-4-8-23(21)24;1-19-13-12-15(17-4-2-3-5-18(17)19)9-6-14-7-10-16(11-8-14)20(21)22;1-13-12-15(17-4-2-3-5-18(17)19-13)9-6-14-7-10-16(11-8-14)20(21)22;;;;/h1-17H,18H2;2-13H,1H3;2-12H,1H3;4*1H/q2*+1;;;;;/p-2. The smallest absolute Gasteiger partial charge is 0.269 e. The van der Waals surface area contributed by atoms with Crippen molar-refractivity contribution < 1.29 is 66.1 Å². The number of nitrogens with one attached hydrogen (secondary N) is 1. The lowest BCUT2D eigenvalue weighted by Crippen LogP contribution is -3.00. The normalized spacial score (nSPS) is 10.6. The van der Waals surface area contributed by atoms with Crippen molar-refractivity contribution in [2.45, 2.75) is 13.5 Å². The van der Waals surface area contributed by atoms with Crippen molar-refractivity contribution in [3.63, 3.8) is 0 Å². The van der Waals surface area contributed by atoms with Gasteiger partial charge in [-0.15, -0.1) is 17.0 Å². The number of pyridine rings is 3. The summed E-state index contributed by atoms with van der Waals surface area (Å²) < 4.78 is 4.33. The summed E-state index contributed by atoms with van der Waals surface area (Å²) in [5.74, 6) is 0. The molecule has 10 rings (SSSR count). The van der Waals surface area contributed by atoms with Crippen LogP contribution in [-0.2, 0) is 13.6 Å². The van der Waals surface area contributed by atoms with E-state index in [4.69, 9.17) is 0 Å². The Bertz CT molecular complexity index is 3680. The molecule has 3 aromatic heterocycles. The van der Waals surface area contributed by atoms with Gasteiger partial charge in [0.2, 0.25) is 16.6 Å². The van der Waals surface area contributed by atoms with Gasteiger partial charge in [-0.05, 0) is 88.0 Å². The molecule has 384 valence electrons. The molecule has 0 saturated carbocycles. The molecule has 76 heavy (non-hydrogen) atoms. The summed E-state index contributed by atoms with van der Waals surface area (Å²) in [6.07, 6.45) is 16.1. The van der Waals surface area contributed by atoms with E-state index in [9.17, 15) is 30.3 Å². The van der Waals surface area contributed by atoms with E-state index in [0.29, 0.717) is 0 Å². The minimum absolute atomic E-state index is 0. The SMILES string of the molecule is Br.C[n+]1ccc(C=Cc2ccc([N+](=O)[O-])cc2)c2ccccc21.Cc1cc(C=Cc2ccc([N+](=O)[O-])cc2)c2ccccc2[nH+]1.O=[N+]([O-])c1ccc(C=Cc2cc[n+](Cc3ccccc3)c3ccccc23)cc1.[Cl-].[Cl-].[Cl-]. The molecule has 0 spiro atoms. The van der Waals surface area contributed by atoms with Gasteiger partial charge in [0.15, 0.2) is 24.6 Å². The Kier molecular flexibility index (Phi) is 22.8. The number of aromatic nitrogens is 3. The van der Waals surface area contributed by atoms with Gasteiger partial charge in [-0.3, -0.25) is 30.3 Å². The highest BCUT2D eigenvalue weighted by Gasteiger charge is 2.13. The second-order valence-corrected chi connectivity index (χ2v) is 16.8. The molecule has 16 heteroatoms. The number of non-ortho nitro benzene ring substituents is 3. The fourth-order valence-electron chi connectivity index (χ4n) is 8.13. The second kappa shape index (κ2) is 28.8. The molecular formula is C60H50BrCl3N6O6. The maximum atomic E-state index is 10.8. The van der Waals surface area contributed by atoms with Gasteiger partial charge < -0.3 is 37.2 Å². The van der Waals surface area contributed by atoms with E-state index in [1.807, 2.05) is 99.1 Å². The highest BCUT2D eigenvalue weighted by atomic mass is 79.9. The van der Waals surface area contributed by atoms with Crippen molar-refractivity contribution in [2.75, 3.05) is 0 Å². The van der Waals surface area contributed by atoms with Gasteiger partial charge in [-0.1, -0.05) is 103 Å². The number of fused-ring (bicyclic) bond motifs is 3. The Morgan fingerprint density at radius 3 is 1.33 bits per heavy atom. The topological polar surface area (TPSA) is 151 Å². The summed E-state index contributed by atoms with van der Waals surface area (Å²) in [5.41, 5.74) is 12.2. The van der Waals surface area contributed by atoms with Crippen LogP contribution in [0.1, 0.15) is 44.6 Å². The average molecular weight is 1140 g/mol. The number of aromatic amines is 1. The molecule has 7 aromatic carbocycles. The number of halogens is 4. The number of hydrogen-bond donors (Lipinski definition) is 0. The van der Waals surface area contributed by atoms with Crippen LogP contribution in [0, 0.1) is 37.3 Å². The number of benzene rings is 7. The summed E-state index contributed by atoms with van der Waals surface area (Å²) in [6, 6.07) is 60.9. The molecule has 1 N–H and O–H groups in total. The number of nitrogens with zero attached hydrogens (tertiary/aromatic N) is 5. The maximum Gasteiger partial charge on any atom is 0.269 e. The summed E-state index contributed by atoms with van der Waals surface area (Å²) in [7, 11) is 2.02. The maximum absolute atomic E-state index is 10.8. The summed E-state index contributed by atoms with van der Waals surface area (Å²) in [4.78, 5) is 34.3. The molecule has 12 nitrogen and oxygen atoms in total. The molecule has 0 unspecified atom stereocenters. The minimum Gasteiger partial charge on any atom is -1.00 e. The molecule has 0 radical (unpaired) electrons. The average Bonchev–Trinajstić information content (AvgIpc) is 3.41. The van der Waals surface area contributed by atoms with Crippen LogP contribution in [0.15, 0.2) is 207 Å². The van der Waals surface area contributed by atoms with E-state index < -0.39 is 9.85 Å². The monoisotopic (exact) mass is 1130 g/mol. The summed E-state index contributed by atoms with van der Waals surface area (Å²) >= 11 is 0. The zero-order chi connectivity index (χ0) is 50.4. The summed E-state index contributed by atoms with van der Waals surface area (Å²) in [6.45, 7) is 2.84. The van der Waals surface area contributed by atoms with Crippen molar-refractivity contribution >= 4 is 103 Å². The first-order chi connectivity index (χ1) is 35.0. The van der Waals surface area contributed by atoms with Gasteiger partial charge in [-0.25, -0.2) is 9.55 Å². The zero-order valence-electron chi connectivity index (χ0n) is 41.0. The van der Waals surface area contributed by atoms with Crippen LogP contribution >= 0.6 is 17.0 Å². The summed E-state index contributed by atoms with van der Waals surface area (Å²) in [5, 5.41) is 35.6. The molecule has 0 aliphatic rings. The highest BCUT2D eigenvalue weighted by molar-refractivity contribution is 8.93. The number of aryl methyl sites for hydroxylation is 2. The Morgan fingerprint density at radius 2 is 0.842 bits per heavy atom. The van der Waals surface area contributed by atoms with Crippen molar-refractivity contribution in [2.24, 2.45) is 7.05 Å². The van der Waals surface area contributed by atoms with Crippen LogP contribution in [0.5, 0.6) is 0 Å². The van der Waals surface area contributed by atoms with Crippen LogP contribution in [0.3, 0.4) is 0 Å². The molecule has 10 aromatic rings. The Hall–Kier alpha value is -8.46. The lowest BCUT2D eigenvalue weighted by molar-refractivity contribution is -0.662. The predicted octanol–water partition coefficient (Wildman–Crippen LogP) is 4.63. The molecule has 0 fully saturated rings. The molecule has 0 atom stereocenters. The fourth-order valence-corrected chi connectivity index (χ4v) is 8.13. The van der Waals surface area contributed by atoms with Crippen LogP contribution in [-0.4, -0.2) is 14.8 Å². The van der Waals surface area contributed by atoms with Crippen LogP contribution in [0.25, 0.3) is 69.2 Å². The molecule has 0 aliphatic carbocycles. The van der Waals surface area contributed by atoms with Crippen molar-refractivity contribution in [3.05, 3.63) is 281 Å². The molecule has 0 amide bonds. The third-order valence-corrected chi connectivity index (χ3v) is 11.8. The molecular weight excluding hydrogens is 1090 g/mol. The quantitative estimate of drug-likeness (QED) is 0.105. The molecule has 0 aliphatic heterocycles. The first kappa shape index (κ1) is 60.1. The highest BCUT2D eigenvalue weighted by Crippen LogP contribution is 2.23. The number of para-hydroxylation sites is 3. The molecule has 3 heterocycles. The first-order valence-corrected chi connectivity index (χ1v) is 23.0. The van der Waals surface area contributed by atoms with Crippen LogP contribution in [0.4, 0.5) is 17.1 Å². The Morgan fingerprint density at radius 1 is 0.447 bits per heavy atom. The predicted molar refractivity (Wildman–Crippen MR) is 296 cm³/mol. The van der Waals surface area contributed by atoms with Crippen LogP contribution in [0.2, 0.25) is 0 Å². The van der Waals surface area contributed by atoms with Gasteiger partial charge in [-0.2, -0.15) is 4.57 Å². The largest absolute Gasteiger partial charge is 1.00 e. The van der Waals surface area contributed by atoms with Gasteiger partial charge in [0.25, 0.3) is 17.1 Å². The second-order valence-electron chi connectivity index (χ2n) is 16.8. The third kappa shape index (κ3) is 15.8. The van der Waals surface area contributed by atoms with Crippen molar-refractivity contribution in [3.8, 4) is 0 Å². The van der Waals surface area contributed by atoms with Crippen LogP contribution < -0.4 is 51.3 Å². The van der Waals surface area contributed by atoms with E-state index in [-0.39, 0.29) is 76.2 Å². The minimum atomic E-state index is -0.391. The molecule has 0 saturated heterocycles. The lowest BCUT2D eigenvalue weighted by Gasteiger charge is -2.05. The van der Waals surface area contributed by atoms with E-state index in [2.05, 4.69) is 99.2 Å². The Balaban J connectivity index is 0.000000242. The van der Waals surface area contributed by atoms with Gasteiger partial charge in [0, 0.05) is 85.3 Å². The number of nitro groups is 3.